The summed E-state index contributed by atoms with van der Waals surface area (Å²) in [6.45, 7) is 7.82. The third kappa shape index (κ3) is 2.73. The lowest BCUT2D eigenvalue weighted by Crippen LogP contribution is -2.59. The summed E-state index contributed by atoms with van der Waals surface area (Å²) in [6.07, 6.45) is 7.39. The van der Waals surface area contributed by atoms with E-state index in [9.17, 15) is 14.4 Å². The number of ether oxygens (including phenoxy) is 1. The van der Waals surface area contributed by atoms with Gasteiger partial charge in [0, 0.05) is 31.1 Å². The Balaban J connectivity index is 1.72. The molecule has 0 aromatic carbocycles. The first kappa shape index (κ1) is 19.1. The first-order valence-corrected chi connectivity index (χ1v) is 10.9. The first-order chi connectivity index (χ1) is 12.7. The van der Waals surface area contributed by atoms with Crippen LogP contribution in [-0.2, 0) is 19.1 Å². The molecule has 4 heteroatoms. The number of esters is 1. The Bertz CT molecular complexity index is 669. The largest absolute Gasteiger partial charge is 0.462 e. The predicted molar refractivity (Wildman–Crippen MR) is 102 cm³/mol. The molecule has 0 aliphatic heterocycles. The average molecular weight is 375 g/mol. The molecule has 27 heavy (non-hydrogen) atoms. The number of hydrogen-bond acceptors (Lipinski definition) is 4. The Morgan fingerprint density at radius 1 is 1.04 bits per heavy atom. The van der Waals surface area contributed by atoms with Crippen LogP contribution in [0.1, 0.15) is 79.1 Å². The van der Waals surface area contributed by atoms with Gasteiger partial charge in [0.25, 0.3) is 0 Å². The van der Waals surface area contributed by atoms with E-state index in [1.54, 1.807) is 6.92 Å². The van der Waals surface area contributed by atoms with Gasteiger partial charge in [-0.3, -0.25) is 14.4 Å². The number of fused-ring (bicyclic) bond motifs is 5. The van der Waals surface area contributed by atoms with Gasteiger partial charge in [-0.15, -0.1) is 0 Å². The summed E-state index contributed by atoms with van der Waals surface area (Å²) in [6, 6.07) is 0. The molecule has 150 valence electrons. The molecule has 0 spiro atoms. The van der Waals surface area contributed by atoms with Crippen LogP contribution in [-0.4, -0.2) is 23.6 Å². The van der Waals surface area contributed by atoms with Crippen LogP contribution in [0, 0.1) is 40.4 Å². The fourth-order valence-electron chi connectivity index (χ4n) is 8.02. The molecule has 4 saturated carbocycles. The molecule has 8 atom stereocenters. The molecule has 0 aromatic heterocycles. The molecule has 0 heterocycles. The maximum Gasteiger partial charge on any atom is 0.302 e. The van der Waals surface area contributed by atoms with Gasteiger partial charge in [-0.2, -0.15) is 0 Å². The van der Waals surface area contributed by atoms with E-state index in [0.717, 1.165) is 44.9 Å². The van der Waals surface area contributed by atoms with E-state index >= 15 is 0 Å². The molecule has 0 amide bonds. The standard InChI is InChI=1S/C23H34O4/c1-13(24)18-7-8-19-17-6-5-15-11-16(26)9-10-22(15,3)20(17)12-21(23(18,19)4)27-14(2)25/h15,17-21H,5-12H2,1-4H3/t15?,17-,18+,19-,20-,21-,22-,23+/m0/s1. The molecule has 4 fully saturated rings. The number of hydrogen-bond donors (Lipinski definition) is 0. The lowest BCUT2D eigenvalue weighted by Gasteiger charge is -2.61. The summed E-state index contributed by atoms with van der Waals surface area (Å²) in [4.78, 5) is 36.5. The molecule has 0 bridgehead atoms. The van der Waals surface area contributed by atoms with Gasteiger partial charge >= 0.3 is 5.97 Å². The minimum absolute atomic E-state index is 0.00580. The van der Waals surface area contributed by atoms with Crippen LogP contribution in [0.5, 0.6) is 0 Å². The van der Waals surface area contributed by atoms with Crippen LogP contribution in [0.15, 0.2) is 0 Å². The SMILES string of the molecule is CC(=O)O[C@H]1C[C@H]2[C@@H](CCC3CC(=O)CC[C@@]32C)[C@@H]2CC[C@H](C(C)=O)[C@@]12C. The van der Waals surface area contributed by atoms with Gasteiger partial charge in [-0.05, 0) is 74.5 Å². The van der Waals surface area contributed by atoms with Crippen LogP contribution < -0.4 is 0 Å². The van der Waals surface area contributed by atoms with Crippen LogP contribution in [0.3, 0.4) is 0 Å². The predicted octanol–water partition coefficient (Wildman–Crippen LogP) is 4.35. The van der Waals surface area contributed by atoms with Gasteiger partial charge in [0.05, 0.1) is 0 Å². The van der Waals surface area contributed by atoms with Crippen LogP contribution >= 0.6 is 0 Å². The molecular formula is C23H34O4. The minimum atomic E-state index is -0.232. The van der Waals surface area contributed by atoms with E-state index in [1.807, 2.05) is 0 Å². The van der Waals surface area contributed by atoms with Crippen molar-refractivity contribution in [3.63, 3.8) is 0 Å². The van der Waals surface area contributed by atoms with Gasteiger partial charge < -0.3 is 4.74 Å². The average Bonchev–Trinajstić information content (AvgIpc) is 2.95. The van der Waals surface area contributed by atoms with Crippen molar-refractivity contribution < 1.29 is 19.1 Å². The molecule has 4 nitrogen and oxygen atoms in total. The maximum absolute atomic E-state index is 12.4. The Morgan fingerprint density at radius 2 is 1.78 bits per heavy atom. The highest BCUT2D eigenvalue weighted by Gasteiger charge is 2.65. The molecule has 1 unspecified atom stereocenters. The number of carbonyl (C=O) groups excluding carboxylic acids is 3. The minimum Gasteiger partial charge on any atom is -0.462 e. The summed E-state index contributed by atoms with van der Waals surface area (Å²) < 4.78 is 5.93. The third-order valence-corrected chi connectivity index (χ3v) is 9.36. The maximum atomic E-state index is 12.4. The van der Waals surface area contributed by atoms with Crippen molar-refractivity contribution >= 4 is 17.5 Å². The summed E-state index contributed by atoms with van der Waals surface area (Å²) in [5, 5.41) is 0. The van der Waals surface area contributed by atoms with E-state index in [-0.39, 0.29) is 34.6 Å². The summed E-state index contributed by atoms with van der Waals surface area (Å²) in [5.74, 6) is 2.47. The Morgan fingerprint density at radius 3 is 2.44 bits per heavy atom. The van der Waals surface area contributed by atoms with E-state index in [1.165, 1.54) is 6.92 Å². The quantitative estimate of drug-likeness (QED) is 0.675. The summed E-state index contributed by atoms with van der Waals surface area (Å²) in [5.41, 5.74) is -0.0583. The highest BCUT2D eigenvalue weighted by atomic mass is 16.5. The van der Waals surface area contributed by atoms with Crippen molar-refractivity contribution in [3.05, 3.63) is 0 Å². The monoisotopic (exact) mass is 374 g/mol. The van der Waals surface area contributed by atoms with Gasteiger partial charge in [0.2, 0.25) is 0 Å². The lowest BCUT2D eigenvalue weighted by molar-refractivity contribution is -0.191. The van der Waals surface area contributed by atoms with Gasteiger partial charge in [0.1, 0.15) is 17.7 Å². The number of carbonyl (C=O) groups is 3. The second-order valence-corrected chi connectivity index (χ2v) is 10.3. The molecule has 0 N–H and O–H groups in total. The van der Waals surface area contributed by atoms with Gasteiger partial charge in [0.15, 0.2) is 0 Å². The zero-order valence-electron chi connectivity index (χ0n) is 17.3. The number of rotatable bonds is 2. The Hall–Kier alpha value is -1.19. The second kappa shape index (κ2) is 6.42. The van der Waals surface area contributed by atoms with E-state index in [4.69, 9.17) is 4.74 Å². The van der Waals surface area contributed by atoms with Crippen molar-refractivity contribution in [2.45, 2.75) is 85.2 Å². The molecule has 0 aromatic rings. The van der Waals surface area contributed by atoms with E-state index < -0.39 is 0 Å². The van der Waals surface area contributed by atoms with Gasteiger partial charge in [-0.1, -0.05) is 13.8 Å². The van der Waals surface area contributed by atoms with Crippen LogP contribution in [0.4, 0.5) is 0 Å². The van der Waals surface area contributed by atoms with Gasteiger partial charge in [-0.25, -0.2) is 0 Å². The van der Waals surface area contributed by atoms with Crippen LogP contribution in [0.2, 0.25) is 0 Å². The van der Waals surface area contributed by atoms with Crippen molar-refractivity contribution in [2.75, 3.05) is 0 Å². The molecule has 4 aliphatic carbocycles. The zero-order chi connectivity index (χ0) is 19.6. The third-order valence-electron chi connectivity index (χ3n) is 9.36. The van der Waals surface area contributed by atoms with E-state index in [0.29, 0.717) is 35.9 Å². The Labute approximate surface area is 162 Å². The Kier molecular flexibility index (Phi) is 4.55. The fourth-order valence-corrected chi connectivity index (χ4v) is 8.02. The van der Waals surface area contributed by atoms with Crippen molar-refractivity contribution in [2.24, 2.45) is 40.4 Å². The molecule has 0 saturated heterocycles. The highest BCUT2D eigenvalue weighted by molar-refractivity contribution is 5.80. The lowest BCUT2D eigenvalue weighted by atomic mass is 9.44. The van der Waals surface area contributed by atoms with Crippen molar-refractivity contribution in [1.29, 1.82) is 0 Å². The van der Waals surface area contributed by atoms with E-state index in [2.05, 4.69) is 13.8 Å². The highest BCUT2D eigenvalue weighted by Crippen LogP contribution is 2.67. The van der Waals surface area contributed by atoms with Crippen molar-refractivity contribution in [3.8, 4) is 0 Å². The first-order valence-electron chi connectivity index (χ1n) is 10.9. The van der Waals surface area contributed by atoms with Crippen molar-refractivity contribution in [1.82, 2.24) is 0 Å². The number of ketones is 2. The van der Waals surface area contributed by atoms with Crippen LogP contribution in [0.25, 0.3) is 0 Å². The smallest absolute Gasteiger partial charge is 0.302 e. The fraction of sp³-hybridized carbons (Fsp3) is 0.870. The zero-order valence-corrected chi connectivity index (χ0v) is 17.3. The number of Topliss-reactive ketones (excluding diaryl/α,β-unsaturated/α-hetero) is 2. The molecular weight excluding hydrogens is 340 g/mol. The summed E-state index contributed by atoms with van der Waals surface area (Å²) >= 11 is 0. The normalized spacial score (nSPS) is 49.0. The molecule has 0 radical (unpaired) electrons. The molecule has 4 rings (SSSR count). The molecule has 4 aliphatic rings. The second-order valence-electron chi connectivity index (χ2n) is 10.3. The summed E-state index contributed by atoms with van der Waals surface area (Å²) in [7, 11) is 0. The topological polar surface area (TPSA) is 60.4 Å².